The second-order valence-corrected chi connectivity index (χ2v) is 4.32. The van der Waals surface area contributed by atoms with E-state index in [4.69, 9.17) is 4.74 Å². The van der Waals surface area contributed by atoms with Gasteiger partial charge in [0, 0.05) is 5.69 Å². The van der Waals surface area contributed by atoms with Crippen molar-refractivity contribution in [1.29, 1.82) is 0 Å². The quantitative estimate of drug-likeness (QED) is 0.791. The third-order valence-electron chi connectivity index (χ3n) is 2.85. The fraction of sp³-hybridized carbons (Fsp3) is 0.500. The number of ether oxygens (including phenoxy) is 1. The first-order valence-electron chi connectivity index (χ1n) is 6.19. The summed E-state index contributed by atoms with van der Waals surface area (Å²) in [5.41, 5.74) is 1.54. The highest BCUT2D eigenvalue weighted by Gasteiger charge is 2.18. The number of hydrogen-bond donors (Lipinski definition) is 1. The summed E-state index contributed by atoms with van der Waals surface area (Å²) in [7, 11) is 1.38. The van der Waals surface area contributed by atoms with E-state index >= 15 is 0 Å². The van der Waals surface area contributed by atoms with Crippen molar-refractivity contribution in [2.45, 2.75) is 39.2 Å². The number of hydrogen-bond acceptors (Lipinski definition) is 3. The average molecular weight is 253 g/mol. The lowest BCUT2D eigenvalue weighted by Gasteiger charge is -2.18. The van der Waals surface area contributed by atoms with Crippen molar-refractivity contribution in [2.24, 2.45) is 0 Å². The molecule has 0 aliphatic carbocycles. The highest BCUT2D eigenvalue weighted by Crippen LogP contribution is 2.18. The van der Waals surface area contributed by atoms with Gasteiger partial charge in [-0.15, -0.1) is 0 Å². The molecule has 0 spiro atoms. The molecule has 3 nitrogen and oxygen atoms in total. The maximum Gasteiger partial charge on any atom is 0.328 e. The highest BCUT2D eigenvalue weighted by molar-refractivity contribution is 5.79. The molecule has 0 radical (unpaired) electrons. The Morgan fingerprint density at radius 1 is 1.50 bits per heavy atom. The van der Waals surface area contributed by atoms with Crippen LogP contribution in [0.25, 0.3) is 0 Å². The molecule has 0 bridgehead atoms. The van der Waals surface area contributed by atoms with Gasteiger partial charge in [0.15, 0.2) is 0 Å². The first-order valence-corrected chi connectivity index (χ1v) is 6.19. The molecule has 1 unspecified atom stereocenters. The van der Waals surface area contributed by atoms with Crippen LogP contribution in [0.4, 0.5) is 10.1 Å². The summed E-state index contributed by atoms with van der Waals surface area (Å²) in [6, 6.07) is 4.09. The fourth-order valence-corrected chi connectivity index (χ4v) is 1.78. The van der Waals surface area contributed by atoms with Gasteiger partial charge in [-0.1, -0.05) is 19.8 Å². The van der Waals surface area contributed by atoms with Gasteiger partial charge in [0.1, 0.15) is 11.9 Å². The lowest BCUT2D eigenvalue weighted by molar-refractivity contribution is -0.141. The van der Waals surface area contributed by atoms with Crippen LogP contribution < -0.4 is 5.32 Å². The lowest BCUT2D eigenvalue weighted by atomic mass is 10.1. The molecule has 4 heteroatoms. The Balaban J connectivity index is 2.78. The van der Waals surface area contributed by atoms with Crippen molar-refractivity contribution < 1.29 is 13.9 Å². The zero-order valence-electron chi connectivity index (χ0n) is 11.1. The standard InChI is InChI=1S/C14H20FNO2/c1-4-5-6-13(14(17)18-3)16-12-8-7-11(15)9-10(12)2/h7-9,13,16H,4-6H2,1-3H3. The molecule has 0 amide bonds. The lowest BCUT2D eigenvalue weighted by Crippen LogP contribution is -2.30. The minimum Gasteiger partial charge on any atom is -0.467 e. The molecule has 0 aromatic heterocycles. The Kier molecular flexibility index (Phi) is 5.62. The Labute approximate surface area is 107 Å². The molecule has 0 saturated carbocycles. The first kappa shape index (κ1) is 14.5. The topological polar surface area (TPSA) is 38.3 Å². The zero-order chi connectivity index (χ0) is 13.5. The van der Waals surface area contributed by atoms with Crippen LogP contribution >= 0.6 is 0 Å². The van der Waals surface area contributed by atoms with Crippen LogP contribution in [-0.4, -0.2) is 19.1 Å². The van der Waals surface area contributed by atoms with Gasteiger partial charge in [0.05, 0.1) is 7.11 Å². The van der Waals surface area contributed by atoms with Crippen LogP contribution in [0.15, 0.2) is 18.2 Å². The predicted molar refractivity (Wildman–Crippen MR) is 70.1 cm³/mol. The first-order chi connectivity index (χ1) is 8.58. The van der Waals surface area contributed by atoms with E-state index in [9.17, 15) is 9.18 Å². The van der Waals surface area contributed by atoms with E-state index < -0.39 is 0 Å². The van der Waals surface area contributed by atoms with Crippen molar-refractivity contribution >= 4 is 11.7 Å². The number of methoxy groups -OCH3 is 1. The van der Waals surface area contributed by atoms with Gasteiger partial charge in [0.2, 0.25) is 0 Å². The van der Waals surface area contributed by atoms with E-state index in [2.05, 4.69) is 12.2 Å². The zero-order valence-corrected chi connectivity index (χ0v) is 11.1. The molecule has 0 saturated heterocycles. The van der Waals surface area contributed by atoms with Crippen LogP contribution in [-0.2, 0) is 9.53 Å². The minimum atomic E-state index is -0.376. The van der Waals surface area contributed by atoms with Gasteiger partial charge in [-0.25, -0.2) is 9.18 Å². The number of carbonyl (C=O) groups is 1. The van der Waals surface area contributed by atoms with Gasteiger partial charge in [-0.2, -0.15) is 0 Å². The van der Waals surface area contributed by atoms with Crippen molar-refractivity contribution in [3.63, 3.8) is 0 Å². The molecule has 0 heterocycles. The highest BCUT2D eigenvalue weighted by atomic mass is 19.1. The van der Waals surface area contributed by atoms with Crippen LogP contribution in [0.3, 0.4) is 0 Å². The molecule has 0 fully saturated rings. The average Bonchev–Trinajstić information content (AvgIpc) is 2.36. The summed E-state index contributed by atoms with van der Waals surface area (Å²) in [4.78, 5) is 11.6. The van der Waals surface area contributed by atoms with E-state index in [1.165, 1.54) is 19.2 Å². The second-order valence-electron chi connectivity index (χ2n) is 4.32. The smallest absolute Gasteiger partial charge is 0.328 e. The van der Waals surface area contributed by atoms with Gasteiger partial charge in [0.25, 0.3) is 0 Å². The largest absolute Gasteiger partial charge is 0.467 e. The van der Waals surface area contributed by atoms with Crippen molar-refractivity contribution in [3.8, 4) is 0 Å². The molecule has 100 valence electrons. The molecular formula is C14H20FNO2. The Hall–Kier alpha value is -1.58. The van der Waals surface area contributed by atoms with E-state index in [1.807, 2.05) is 0 Å². The Morgan fingerprint density at radius 3 is 2.78 bits per heavy atom. The van der Waals surface area contributed by atoms with Gasteiger partial charge < -0.3 is 10.1 Å². The number of aryl methyl sites for hydroxylation is 1. The van der Waals surface area contributed by atoms with Crippen molar-refractivity contribution in [3.05, 3.63) is 29.6 Å². The van der Waals surface area contributed by atoms with Crippen molar-refractivity contribution in [2.75, 3.05) is 12.4 Å². The fourth-order valence-electron chi connectivity index (χ4n) is 1.78. The molecule has 1 atom stereocenters. The second kappa shape index (κ2) is 6.99. The number of anilines is 1. The molecular weight excluding hydrogens is 233 g/mol. The number of carbonyl (C=O) groups excluding carboxylic acids is 1. The summed E-state index contributed by atoms with van der Waals surface area (Å²) in [5, 5.41) is 3.12. The summed E-state index contributed by atoms with van der Waals surface area (Å²) in [6.07, 6.45) is 2.66. The molecule has 1 aromatic carbocycles. The van der Waals surface area contributed by atoms with Gasteiger partial charge >= 0.3 is 5.97 Å². The molecule has 0 aliphatic heterocycles. The van der Waals surface area contributed by atoms with E-state index in [1.54, 1.807) is 13.0 Å². The number of esters is 1. The maximum absolute atomic E-state index is 13.0. The van der Waals surface area contributed by atoms with Gasteiger partial charge in [-0.3, -0.25) is 0 Å². The van der Waals surface area contributed by atoms with Crippen LogP contribution in [0, 0.1) is 12.7 Å². The third kappa shape index (κ3) is 4.02. The van der Waals surface area contributed by atoms with Gasteiger partial charge in [-0.05, 0) is 37.1 Å². The third-order valence-corrected chi connectivity index (χ3v) is 2.85. The number of unbranched alkanes of at least 4 members (excludes halogenated alkanes) is 1. The molecule has 18 heavy (non-hydrogen) atoms. The summed E-state index contributed by atoms with van der Waals surface area (Å²) >= 11 is 0. The molecule has 1 N–H and O–H groups in total. The Bertz CT molecular complexity index is 407. The summed E-state index contributed by atoms with van der Waals surface area (Å²) in [6.45, 7) is 3.87. The molecule has 1 rings (SSSR count). The van der Waals surface area contributed by atoms with Crippen LogP contribution in [0.1, 0.15) is 31.7 Å². The normalized spacial score (nSPS) is 12.0. The van der Waals surface area contributed by atoms with Crippen LogP contribution in [0.5, 0.6) is 0 Å². The number of nitrogens with one attached hydrogen (secondary N) is 1. The monoisotopic (exact) mass is 253 g/mol. The Morgan fingerprint density at radius 2 is 2.22 bits per heavy atom. The molecule has 1 aromatic rings. The number of halogens is 1. The number of benzene rings is 1. The van der Waals surface area contributed by atoms with Crippen LogP contribution in [0.2, 0.25) is 0 Å². The summed E-state index contributed by atoms with van der Waals surface area (Å²) < 4.78 is 17.8. The molecule has 0 aliphatic rings. The van der Waals surface area contributed by atoms with E-state index in [-0.39, 0.29) is 17.8 Å². The van der Waals surface area contributed by atoms with E-state index in [0.717, 1.165) is 24.1 Å². The SMILES string of the molecule is CCCCC(Nc1ccc(F)cc1C)C(=O)OC. The van der Waals surface area contributed by atoms with E-state index in [0.29, 0.717) is 6.42 Å². The van der Waals surface area contributed by atoms with Crippen molar-refractivity contribution in [1.82, 2.24) is 0 Å². The minimum absolute atomic E-state index is 0.277. The maximum atomic E-state index is 13.0. The number of rotatable bonds is 6. The predicted octanol–water partition coefficient (Wildman–Crippen LogP) is 3.28. The summed E-state index contributed by atoms with van der Waals surface area (Å²) in [5.74, 6) is -0.562.